The molecule has 35 heavy (non-hydrogen) atoms. The van der Waals surface area contributed by atoms with E-state index in [4.69, 9.17) is 23.2 Å². The topological polar surface area (TPSA) is 57.9 Å². The second-order valence-electron chi connectivity index (χ2n) is 9.25. The summed E-state index contributed by atoms with van der Waals surface area (Å²) in [6.07, 6.45) is 2.80. The number of benzene rings is 1. The highest BCUT2D eigenvalue weighted by atomic mass is 35.5. The van der Waals surface area contributed by atoms with Crippen LogP contribution < -0.4 is 0 Å². The number of nitrogens with zero attached hydrogens (tertiary/aromatic N) is 4. The van der Waals surface area contributed by atoms with Crippen LogP contribution in [0.3, 0.4) is 0 Å². The van der Waals surface area contributed by atoms with Crippen LogP contribution >= 0.6 is 23.2 Å². The van der Waals surface area contributed by atoms with Gasteiger partial charge in [0.1, 0.15) is 0 Å². The molecule has 182 valence electrons. The molecular formula is C25H22Cl2F2N4O2. The molecule has 1 aromatic carbocycles. The van der Waals surface area contributed by atoms with Crippen molar-refractivity contribution >= 4 is 40.5 Å². The Labute approximate surface area is 210 Å². The smallest absolute Gasteiger partial charge is 0.275 e. The van der Waals surface area contributed by atoms with Crippen LogP contribution in [0.25, 0.3) is 16.6 Å². The van der Waals surface area contributed by atoms with E-state index >= 15 is 8.78 Å². The van der Waals surface area contributed by atoms with Crippen molar-refractivity contribution in [2.45, 2.75) is 25.3 Å². The number of halogens is 4. The third-order valence-corrected chi connectivity index (χ3v) is 7.60. The molecule has 4 heterocycles. The molecule has 2 amide bonds. The summed E-state index contributed by atoms with van der Waals surface area (Å²) in [4.78, 5) is 28.1. The highest BCUT2D eigenvalue weighted by Crippen LogP contribution is 2.52. The van der Waals surface area contributed by atoms with E-state index in [1.54, 1.807) is 49.5 Å². The number of fused-ring (bicyclic) bond motifs is 1. The Morgan fingerprint density at radius 2 is 1.89 bits per heavy atom. The number of pyridine rings is 1. The number of carbonyl (C=O) groups is 2. The van der Waals surface area contributed by atoms with E-state index < -0.39 is 29.8 Å². The van der Waals surface area contributed by atoms with Gasteiger partial charge < -0.3 is 9.80 Å². The molecule has 2 saturated heterocycles. The summed E-state index contributed by atoms with van der Waals surface area (Å²) < 4.78 is 32.4. The van der Waals surface area contributed by atoms with Crippen molar-refractivity contribution in [1.82, 2.24) is 19.4 Å². The van der Waals surface area contributed by atoms with Gasteiger partial charge >= 0.3 is 0 Å². The van der Waals surface area contributed by atoms with Crippen molar-refractivity contribution in [3.05, 3.63) is 71.0 Å². The van der Waals surface area contributed by atoms with E-state index in [1.807, 2.05) is 0 Å². The van der Waals surface area contributed by atoms with Crippen molar-refractivity contribution in [1.29, 1.82) is 0 Å². The Morgan fingerprint density at radius 3 is 2.57 bits per heavy atom. The Morgan fingerprint density at radius 1 is 1.17 bits per heavy atom. The molecule has 2 aliphatic rings. The van der Waals surface area contributed by atoms with Gasteiger partial charge in [0.05, 0.1) is 17.5 Å². The van der Waals surface area contributed by atoms with Gasteiger partial charge in [-0.25, -0.2) is 13.3 Å². The lowest BCUT2D eigenvalue weighted by atomic mass is 9.67. The SMILES string of the molecule is C=CC(=O)N1CC2(C[C@H](C)N(C(=O)c3nn4ccc(Cl)cc4c3-c3ccccc3Cl)CC2(F)F)C1. The fraction of sp³-hybridized carbons (Fsp3) is 0.320. The van der Waals surface area contributed by atoms with Gasteiger partial charge in [-0.2, -0.15) is 5.10 Å². The van der Waals surface area contributed by atoms with Crippen LogP contribution in [0.2, 0.25) is 10.0 Å². The van der Waals surface area contributed by atoms with E-state index in [0.717, 1.165) is 6.08 Å². The molecule has 1 atom stereocenters. The van der Waals surface area contributed by atoms with E-state index in [2.05, 4.69) is 11.7 Å². The molecule has 3 aromatic rings. The number of likely N-dealkylation sites (tertiary alicyclic amines) is 2. The molecular weight excluding hydrogens is 497 g/mol. The largest absolute Gasteiger partial charge is 0.337 e. The normalized spacial score (nSPS) is 20.7. The van der Waals surface area contributed by atoms with Gasteiger partial charge in [0, 0.05) is 46.5 Å². The Kier molecular flexibility index (Phi) is 5.64. The van der Waals surface area contributed by atoms with Crippen molar-refractivity contribution < 1.29 is 18.4 Å². The Hall–Kier alpha value is -2.97. The summed E-state index contributed by atoms with van der Waals surface area (Å²) in [6.45, 7) is 4.28. The first-order chi connectivity index (χ1) is 16.6. The minimum absolute atomic E-state index is 0.0241. The van der Waals surface area contributed by atoms with Gasteiger partial charge in [-0.15, -0.1) is 0 Å². The summed E-state index contributed by atoms with van der Waals surface area (Å²) in [5.74, 6) is -4.16. The van der Waals surface area contributed by atoms with Crippen LogP contribution in [0.4, 0.5) is 8.78 Å². The molecule has 0 N–H and O–H groups in total. The molecule has 2 fully saturated rings. The number of hydrogen-bond donors (Lipinski definition) is 0. The molecule has 10 heteroatoms. The van der Waals surface area contributed by atoms with Gasteiger partial charge in [0.15, 0.2) is 5.69 Å². The highest BCUT2D eigenvalue weighted by molar-refractivity contribution is 6.34. The predicted octanol–water partition coefficient (Wildman–Crippen LogP) is 5.19. The van der Waals surface area contributed by atoms with Crippen LogP contribution in [0.1, 0.15) is 23.8 Å². The molecule has 2 aliphatic heterocycles. The Bertz CT molecular complexity index is 1370. The van der Waals surface area contributed by atoms with E-state index in [1.165, 1.54) is 14.3 Å². The first kappa shape index (κ1) is 23.8. The average Bonchev–Trinajstić information content (AvgIpc) is 3.16. The van der Waals surface area contributed by atoms with Gasteiger partial charge in [-0.1, -0.05) is 48.0 Å². The number of carbonyl (C=O) groups excluding carboxylic acids is 2. The zero-order valence-corrected chi connectivity index (χ0v) is 20.4. The van der Waals surface area contributed by atoms with Crippen LogP contribution in [-0.4, -0.2) is 62.8 Å². The van der Waals surface area contributed by atoms with Crippen molar-refractivity contribution in [2.75, 3.05) is 19.6 Å². The fourth-order valence-electron chi connectivity index (χ4n) is 5.20. The van der Waals surface area contributed by atoms with Crippen LogP contribution in [0.5, 0.6) is 0 Å². The van der Waals surface area contributed by atoms with Gasteiger partial charge in [0.2, 0.25) is 5.91 Å². The first-order valence-electron chi connectivity index (χ1n) is 11.1. The van der Waals surface area contributed by atoms with Gasteiger partial charge in [0.25, 0.3) is 11.8 Å². The lowest BCUT2D eigenvalue weighted by Crippen LogP contribution is -2.72. The molecule has 6 nitrogen and oxygen atoms in total. The predicted molar refractivity (Wildman–Crippen MR) is 130 cm³/mol. The second-order valence-corrected chi connectivity index (χ2v) is 10.1. The maximum atomic E-state index is 15.5. The van der Waals surface area contributed by atoms with Gasteiger partial charge in [-0.3, -0.25) is 9.59 Å². The second kappa shape index (κ2) is 8.31. The maximum absolute atomic E-state index is 15.5. The van der Waals surface area contributed by atoms with Crippen molar-refractivity contribution in [2.24, 2.45) is 5.41 Å². The lowest BCUT2D eigenvalue weighted by molar-refractivity contribution is -0.225. The molecule has 0 aliphatic carbocycles. The molecule has 0 saturated carbocycles. The number of alkyl halides is 2. The van der Waals surface area contributed by atoms with Crippen molar-refractivity contribution in [3.8, 4) is 11.1 Å². The summed E-state index contributed by atoms with van der Waals surface area (Å²) in [5, 5.41) is 5.28. The number of piperidine rings is 1. The standard InChI is InChI=1S/C25H22Cl2F2N4O2/c1-3-20(34)31-12-24(13-31)11-15(2)32(14-25(24,28)29)23(35)22-21(17-6-4-5-7-18(17)27)19-10-16(26)8-9-33(19)30-22/h3-10,15H,1,11-14H2,2H3/t15-/m0/s1. The first-order valence-corrected chi connectivity index (χ1v) is 11.9. The Balaban J connectivity index is 1.53. The zero-order valence-electron chi connectivity index (χ0n) is 18.8. The zero-order chi connectivity index (χ0) is 25.1. The monoisotopic (exact) mass is 518 g/mol. The molecule has 5 rings (SSSR count). The third-order valence-electron chi connectivity index (χ3n) is 7.04. The van der Waals surface area contributed by atoms with Crippen LogP contribution in [-0.2, 0) is 4.79 Å². The molecule has 2 aromatic heterocycles. The summed E-state index contributed by atoms with van der Waals surface area (Å²) in [5.41, 5.74) is 0.195. The number of rotatable bonds is 3. The van der Waals surface area contributed by atoms with Crippen LogP contribution in [0.15, 0.2) is 55.3 Å². The fourth-order valence-corrected chi connectivity index (χ4v) is 5.59. The number of aromatic nitrogens is 2. The third kappa shape index (κ3) is 3.70. The number of amides is 2. The molecule has 0 unspecified atom stereocenters. The van der Waals surface area contributed by atoms with E-state index in [0.29, 0.717) is 26.7 Å². The minimum atomic E-state index is -3.18. The summed E-state index contributed by atoms with van der Waals surface area (Å²) in [6, 6.07) is 9.77. The summed E-state index contributed by atoms with van der Waals surface area (Å²) >= 11 is 12.7. The van der Waals surface area contributed by atoms with E-state index in [-0.39, 0.29) is 31.1 Å². The maximum Gasteiger partial charge on any atom is 0.275 e. The molecule has 0 bridgehead atoms. The van der Waals surface area contributed by atoms with Crippen molar-refractivity contribution in [3.63, 3.8) is 0 Å². The highest BCUT2D eigenvalue weighted by Gasteiger charge is 2.65. The summed E-state index contributed by atoms with van der Waals surface area (Å²) in [7, 11) is 0. The van der Waals surface area contributed by atoms with Crippen LogP contribution in [0, 0.1) is 5.41 Å². The number of hydrogen-bond acceptors (Lipinski definition) is 3. The minimum Gasteiger partial charge on any atom is -0.337 e. The van der Waals surface area contributed by atoms with Gasteiger partial charge in [-0.05, 0) is 37.6 Å². The lowest BCUT2D eigenvalue weighted by Gasteiger charge is -2.58. The average molecular weight is 519 g/mol. The molecule has 0 radical (unpaired) electrons. The molecule has 1 spiro atoms. The quantitative estimate of drug-likeness (QED) is 0.448. The van der Waals surface area contributed by atoms with E-state index in [9.17, 15) is 9.59 Å².